The van der Waals surface area contributed by atoms with Crippen molar-refractivity contribution in [2.45, 2.75) is 39.7 Å². The smallest absolute Gasteiger partial charge is 0.0320 e. The summed E-state index contributed by atoms with van der Waals surface area (Å²) in [6, 6.07) is 6.92. The van der Waals surface area contributed by atoms with Crippen LogP contribution in [0.25, 0.3) is 0 Å². The summed E-state index contributed by atoms with van der Waals surface area (Å²) in [5, 5.41) is 3.42. The second-order valence-corrected chi connectivity index (χ2v) is 5.62. The van der Waals surface area contributed by atoms with Gasteiger partial charge < -0.3 is 5.32 Å². The Labute approximate surface area is 108 Å². The minimum absolute atomic E-state index is 0.472. The average Bonchev–Trinajstić information content (AvgIpc) is 2.24. The van der Waals surface area contributed by atoms with Crippen LogP contribution in [-0.2, 0) is 0 Å². The van der Waals surface area contributed by atoms with Gasteiger partial charge in [0, 0.05) is 10.5 Å². The van der Waals surface area contributed by atoms with E-state index in [9.17, 15) is 0 Å². The fourth-order valence-electron chi connectivity index (χ4n) is 1.96. The zero-order chi connectivity index (χ0) is 12.1. The standard InChI is InChI=1S/C14H22BrN/c1-10(2)8-9-14(16-4)12-6-5-7-13(15)11(12)3/h5-7,10,14,16H,8-9H2,1-4H3. The molecule has 2 heteroatoms. The minimum atomic E-state index is 0.472. The Morgan fingerprint density at radius 1 is 1.25 bits per heavy atom. The fraction of sp³-hybridized carbons (Fsp3) is 0.571. The second kappa shape index (κ2) is 6.41. The number of hydrogen-bond acceptors (Lipinski definition) is 1. The maximum Gasteiger partial charge on any atom is 0.0320 e. The number of rotatable bonds is 5. The van der Waals surface area contributed by atoms with Crippen molar-refractivity contribution in [3.63, 3.8) is 0 Å². The molecule has 0 aliphatic heterocycles. The summed E-state index contributed by atoms with van der Waals surface area (Å²) < 4.78 is 1.20. The lowest BCUT2D eigenvalue weighted by atomic mass is 9.95. The van der Waals surface area contributed by atoms with Gasteiger partial charge in [0.1, 0.15) is 0 Å². The third-order valence-corrected chi connectivity index (χ3v) is 3.93. The fourth-order valence-corrected chi connectivity index (χ4v) is 2.34. The molecule has 16 heavy (non-hydrogen) atoms. The molecular formula is C14H22BrN. The molecule has 90 valence electrons. The van der Waals surface area contributed by atoms with Crippen LogP contribution in [0.15, 0.2) is 22.7 Å². The molecule has 1 N–H and O–H groups in total. The summed E-state index contributed by atoms with van der Waals surface area (Å²) in [5.74, 6) is 0.767. The number of benzene rings is 1. The molecule has 0 radical (unpaired) electrons. The molecule has 0 bridgehead atoms. The van der Waals surface area contributed by atoms with Gasteiger partial charge in [0.15, 0.2) is 0 Å². The Morgan fingerprint density at radius 2 is 1.94 bits per heavy atom. The van der Waals surface area contributed by atoms with Crippen LogP contribution < -0.4 is 5.32 Å². The molecule has 0 saturated carbocycles. The Hall–Kier alpha value is -0.340. The van der Waals surface area contributed by atoms with Crippen molar-refractivity contribution in [3.05, 3.63) is 33.8 Å². The highest BCUT2D eigenvalue weighted by molar-refractivity contribution is 9.10. The SMILES string of the molecule is CNC(CCC(C)C)c1cccc(Br)c1C. The van der Waals surface area contributed by atoms with E-state index in [1.165, 1.54) is 28.4 Å². The van der Waals surface area contributed by atoms with Gasteiger partial charge in [-0.1, -0.05) is 41.9 Å². The Balaban J connectivity index is 2.82. The molecule has 0 spiro atoms. The zero-order valence-electron chi connectivity index (χ0n) is 10.7. The summed E-state index contributed by atoms with van der Waals surface area (Å²) in [7, 11) is 2.05. The molecular weight excluding hydrogens is 262 g/mol. The number of halogens is 1. The van der Waals surface area contributed by atoms with Gasteiger partial charge in [-0.3, -0.25) is 0 Å². The van der Waals surface area contributed by atoms with E-state index in [-0.39, 0.29) is 0 Å². The van der Waals surface area contributed by atoms with Gasteiger partial charge in [-0.05, 0) is 49.9 Å². The van der Waals surface area contributed by atoms with E-state index in [1.54, 1.807) is 0 Å². The van der Waals surface area contributed by atoms with E-state index in [4.69, 9.17) is 0 Å². The van der Waals surface area contributed by atoms with E-state index in [2.05, 4.69) is 60.2 Å². The van der Waals surface area contributed by atoms with Crippen LogP contribution >= 0.6 is 15.9 Å². The molecule has 0 aromatic heterocycles. The summed E-state index contributed by atoms with van der Waals surface area (Å²) >= 11 is 3.60. The van der Waals surface area contributed by atoms with Crippen LogP contribution in [0, 0.1) is 12.8 Å². The Kier molecular flexibility index (Phi) is 5.50. The van der Waals surface area contributed by atoms with E-state index < -0.39 is 0 Å². The van der Waals surface area contributed by atoms with Crippen molar-refractivity contribution >= 4 is 15.9 Å². The molecule has 1 atom stereocenters. The summed E-state index contributed by atoms with van der Waals surface area (Å²) in [6.07, 6.45) is 2.46. The quantitative estimate of drug-likeness (QED) is 0.842. The zero-order valence-corrected chi connectivity index (χ0v) is 12.3. The van der Waals surface area contributed by atoms with Gasteiger partial charge in [-0.15, -0.1) is 0 Å². The summed E-state index contributed by atoms with van der Waals surface area (Å²) in [6.45, 7) is 6.74. The molecule has 1 rings (SSSR count). The maximum atomic E-state index is 3.60. The lowest BCUT2D eigenvalue weighted by Gasteiger charge is -2.20. The van der Waals surface area contributed by atoms with Crippen molar-refractivity contribution < 1.29 is 0 Å². The predicted molar refractivity (Wildman–Crippen MR) is 74.8 cm³/mol. The van der Waals surface area contributed by atoms with E-state index in [1.807, 2.05) is 7.05 Å². The van der Waals surface area contributed by atoms with Crippen LogP contribution in [0.4, 0.5) is 0 Å². The van der Waals surface area contributed by atoms with Crippen LogP contribution in [0.1, 0.15) is 43.9 Å². The monoisotopic (exact) mass is 283 g/mol. The van der Waals surface area contributed by atoms with Crippen LogP contribution in [0.2, 0.25) is 0 Å². The highest BCUT2D eigenvalue weighted by Crippen LogP contribution is 2.27. The lowest BCUT2D eigenvalue weighted by Crippen LogP contribution is -2.18. The molecule has 1 nitrogen and oxygen atoms in total. The lowest BCUT2D eigenvalue weighted by molar-refractivity contribution is 0.463. The van der Waals surface area contributed by atoms with Crippen molar-refractivity contribution in [2.75, 3.05) is 7.05 Å². The number of nitrogens with one attached hydrogen (secondary N) is 1. The van der Waals surface area contributed by atoms with Crippen LogP contribution in [0.5, 0.6) is 0 Å². The third kappa shape index (κ3) is 3.60. The second-order valence-electron chi connectivity index (χ2n) is 4.77. The van der Waals surface area contributed by atoms with E-state index >= 15 is 0 Å². The molecule has 1 aromatic rings. The minimum Gasteiger partial charge on any atom is -0.313 e. The third-order valence-electron chi connectivity index (χ3n) is 3.07. The first-order valence-corrected chi connectivity index (χ1v) is 6.77. The highest BCUT2D eigenvalue weighted by atomic mass is 79.9. The normalized spacial score (nSPS) is 13.1. The molecule has 0 heterocycles. The Morgan fingerprint density at radius 3 is 2.50 bits per heavy atom. The first kappa shape index (κ1) is 13.7. The van der Waals surface area contributed by atoms with Gasteiger partial charge in [0.25, 0.3) is 0 Å². The van der Waals surface area contributed by atoms with Gasteiger partial charge >= 0.3 is 0 Å². The van der Waals surface area contributed by atoms with Crippen molar-refractivity contribution in [2.24, 2.45) is 5.92 Å². The molecule has 1 aromatic carbocycles. The van der Waals surface area contributed by atoms with Gasteiger partial charge in [0.05, 0.1) is 0 Å². The van der Waals surface area contributed by atoms with Crippen LogP contribution in [0.3, 0.4) is 0 Å². The molecule has 0 saturated heterocycles. The van der Waals surface area contributed by atoms with Crippen LogP contribution in [-0.4, -0.2) is 7.05 Å². The van der Waals surface area contributed by atoms with Crippen molar-refractivity contribution in [1.29, 1.82) is 0 Å². The average molecular weight is 284 g/mol. The first-order chi connectivity index (χ1) is 7.56. The predicted octanol–water partition coefficient (Wildman–Crippen LogP) is 4.45. The topological polar surface area (TPSA) is 12.0 Å². The highest BCUT2D eigenvalue weighted by Gasteiger charge is 2.13. The summed E-state index contributed by atoms with van der Waals surface area (Å²) in [5.41, 5.74) is 2.77. The largest absolute Gasteiger partial charge is 0.313 e. The Bertz CT molecular complexity index is 334. The molecule has 0 amide bonds. The van der Waals surface area contributed by atoms with E-state index in [0.717, 1.165) is 5.92 Å². The molecule has 0 fully saturated rings. The van der Waals surface area contributed by atoms with Crippen molar-refractivity contribution in [3.8, 4) is 0 Å². The van der Waals surface area contributed by atoms with Gasteiger partial charge in [-0.2, -0.15) is 0 Å². The number of hydrogen-bond donors (Lipinski definition) is 1. The van der Waals surface area contributed by atoms with Gasteiger partial charge in [-0.25, -0.2) is 0 Å². The molecule has 0 aliphatic carbocycles. The maximum absolute atomic E-state index is 3.60. The molecule has 0 aliphatic rings. The first-order valence-electron chi connectivity index (χ1n) is 5.98. The van der Waals surface area contributed by atoms with E-state index in [0.29, 0.717) is 6.04 Å². The van der Waals surface area contributed by atoms with Crippen molar-refractivity contribution in [1.82, 2.24) is 5.32 Å². The molecule has 1 unspecified atom stereocenters. The van der Waals surface area contributed by atoms with Gasteiger partial charge in [0.2, 0.25) is 0 Å². The summed E-state index contributed by atoms with van der Waals surface area (Å²) in [4.78, 5) is 0.